The molecule has 0 atom stereocenters. The van der Waals surface area contributed by atoms with Crippen LogP contribution in [0.1, 0.15) is 28.0 Å². The van der Waals surface area contributed by atoms with Crippen LogP contribution in [0.25, 0.3) is 0 Å². The average Bonchev–Trinajstić information content (AvgIpc) is 2.78. The molecule has 4 rings (SSSR count). The summed E-state index contributed by atoms with van der Waals surface area (Å²) >= 11 is 0. The number of rotatable bonds is 6. The number of aryl methyl sites for hydroxylation is 1. The minimum atomic E-state index is -0.0876. The van der Waals surface area contributed by atoms with E-state index in [9.17, 15) is 4.79 Å². The lowest BCUT2D eigenvalue weighted by atomic mass is 10.0. The first-order valence-electron chi connectivity index (χ1n) is 9.84. The zero-order chi connectivity index (χ0) is 20.1. The molecule has 1 amide bonds. The van der Waals surface area contributed by atoms with Crippen molar-refractivity contribution in [3.8, 4) is 5.75 Å². The van der Waals surface area contributed by atoms with Gasteiger partial charge in [-0.1, -0.05) is 30.3 Å². The molecular weight excluding hydrogens is 364 g/mol. The van der Waals surface area contributed by atoms with Gasteiger partial charge in [0.25, 0.3) is 5.91 Å². The number of nitrogens with zero attached hydrogens (tertiary/aromatic N) is 3. The Morgan fingerprint density at radius 3 is 2.97 bits per heavy atom. The second kappa shape index (κ2) is 8.73. The van der Waals surface area contributed by atoms with Crippen LogP contribution in [0.3, 0.4) is 0 Å². The Hall–Kier alpha value is -3.41. The first-order valence-corrected chi connectivity index (χ1v) is 9.84. The number of aromatic nitrogens is 2. The van der Waals surface area contributed by atoms with Crippen LogP contribution < -0.4 is 15.0 Å². The van der Waals surface area contributed by atoms with E-state index < -0.39 is 0 Å². The molecule has 0 aliphatic carbocycles. The molecule has 0 saturated carbocycles. The number of nitrogens with one attached hydrogen (secondary N) is 1. The fraction of sp³-hybridized carbons (Fsp3) is 0.261. The minimum absolute atomic E-state index is 0.0876. The highest BCUT2D eigenvalue weighted by atomic mass is 16.5. The highest BCUT2D eigenvalue weighted by Crippen LogP contribution is 2.27. The second-order valence-corrected chi connectivity index (χ2v) is 6.98. The first kappa shape index (κ1) is 18.9. The van der Waals surface area contributed by atoms with Gasteiger partial charge in [0, 0.05) is 25.0 Å². The van der Waals surface area contributed by atoms with Gasteiger partial charge in [-0.15, -0.1) is 0 Å². The van der Waals surface area contributed by atoms with Gasteiger partial charge in [0.05, 0.1) is 7.11 Å². The molecule has 1 N–H and O–H groups in total. The zero-order valence-electron chi connectivity index (χ0n) is 16.5. The number of methoxy groups -OCH3 is 1. The number of benzene rings is 2. The SMILES string of the molecule is COc1cccc(CCNc2nccc(C(=O)N3CCCc4ccccc43)n2)c1. The lowest BCUT2D eigenvalue weighted by Gasteiger charge is -2.29. The summed E-state index contributed by atoms with van der Waals surface area (Å²) in [6.07, 6.45) is 4.39. The molecule has 0 fully saturated rings. The highest BCUT2D eigenvalue weighted by Gasteiger charge is 2.24. The van der Waals surface area contributed by atoms with E-state index >= 15 is 0 Å². The number of hydrogen-bond acceptors (Lipinski definition) is 5. The number of carbonyl (C=O) groups excluding carboxylic acids is 1. The molecule has 0 radical (unpaired) electrons. The van der Waals surface area contributed by atoms with Crippen molar-refractivity contribution in [1.29, 1.82) is 0 Å². The van der Waals surface area contributed by atoms with Crippen LogP contribution in [-0.2, 0) is 12.8 Å². The van der Waals surface area contributed by atoms with Crippen LogP contribution in [0.15, 0.2) is 60.8 Å². The number of fused-ring (bicyclic) bond motifs is 1. The molecule has 1 aliphatic heterocycles. The van der Waals surface area contributed by atoms with Gasteiger partial charge in [0.2, 0.25) is 5.95 Å². The van der Waals surface area contributed by atoms with Crippen molar-refractivity contribution < 1.29 is 9.53 Å². The summed E-state index contributed by atoms with van der Waals surface area (Å²) in [5, 5.41) is 3.21. The smallest absolute Gasteiger partial charge is 0.277 e. The topological polar surface area (TPSA) is 67.3 Å². The molecule has 1 aliphatic rings. The summed E-state index contributed by atoms with van der Waals surface area (Å²) in [5.74, 6) is 1.22. The van der Waals surface area contributed by atoms with Crippen LogP contribution in [0, 0.1) is 0 Å². The van der Waals surface area contributed by atoms with Gasteiger partial charge in [-0.2, -0.15) is 0 Å². The number of para-hydroxylation sites is 1. The van der Waals surface area contributed by atoms with Gasteiger partial charge < -0.3 is 15.0 Å². The number of hydrogen-bond donors (Lipinski definition) is 1. The summed E-state index contributed by atoms with van der Waals surface area (Å²) < 4.78 is 5.26. The highest BCUT2D eigenvalue weighted by molar-refractivity contribution is 6.05. The van der Waals surface area contributed by atoms with Crippen molar-refractivity contribution in [3.63, 3.8) is 0 Å². The quantitative estimate of drug-likeness (QED) is 0.697. The van der Waals surface area contributed by atoms with E-state index in [2.05, 4.69) is 27.4 Å². The third-order valence-electron chi connectivity index (χ3n) is 5.06. The molecule has 2 heterocycles. The Labute approximate surface area is 170 Å². The third-order valence-corrected chi connectivity index (χ3v) is 5.06. The van der Waals surface area contributed by atoms with Crippen LogP contribution >= 0.6 is 0 Å². The molecule has 6 heteroatoms. The number of ether oxygens (including phenoxy) is 1. The van der Waals surface area contributed by atoms with E-state index in [-0.39, 0.29) is 5.91 Å². The maximum Gasteiger partial charge on any atom is 0.277 e. The molecule has 6 nitrogen and oxygen atoms in total. The summed E-state index contributed by atoms with van der Waals surface area (Å²) in [6.45, 7) is 1.37. The van der Waals surface area contributed by atoms with Crippen molar-refractivity contribution in [2.75, 3.05) is 30.4 Å². The molecule has 148 valence electrons. The van der Waals surface area contributed by atoms with Crippen molar-refractivity contribution in [2.45, 2.75) is 19.3 Å². The van der Waals surface area contributed by atoms with Crippen molar-refractivity contribution >= 4 is 17.5 Å². The Morgan fingerprint density at radius 1 is 1.17 bits per heavy atom. The number of anilines is 2. The summed E-state index contributed by atoms with van der Waals surface area (Å²) in [6, 6.07) is 17.7. The number of carbonyl (C=O) groups is 1. The van der Waals surface area contributed by atoms with E-state index in [1.54, 1.807) is 19.4 Å². The lowest BCUT2D eigenvalue weighted by molar-refractivity contribution is 0.0980. The Kier molecular flexibility index (Phi) is 5.70. The van der Waals surface area contributed by atoms with Gasteiger partial charge >= 0.3 is 0 Å². The molecule has 1 aromatic heterocycles. The monoisotopic (exact) mass is 388 g/mol. The standard InChI is InChI=1S/C23H24N4O2/c1-29-19-9-4-6-17(16-19)11-13-24-23-25-14-12-20(26-23)22(28)27-15-5-8-18-7-2-3-10-21(18)27/h2-4,6-7,9-10,12,14,16H,5,8,11,13,15H2,1H3,(H,24,25,26). The summed E-state index contributed by atoms with van der Waals surface area (Å²) in [7, 11) is 1.66. The van der Waals surface area contributed by atoms with Crippen LogP contribution in [0.4, 0.5) is 11.6 Å². The minimum Gasteiger partial charge on any atom is -0.497 e. The lowest BCUT2D eigenvalue weighted by Crippen LogP contribution is -2.36. The largest absolute Gasteiger partial charge is 0.497 e. The predicted octanol–water partition coefficient (Wildman–Crippen LogP) is 3.73. The molecular formula is C23H24N4O2. The van der Waals surface area contributed by atoms with E-state index in [0.717, 1.165) is 36.3 Å². The van der Waals surface area contributed by atoms with Crippen molar-refractivity contribution in [2.24, 2.45) is 0 Å². The van der Waals surface area contributed by atoms with Crippen molar-refractivity contribution in [3.05, 3.63) is 77.6 Å². The summed E-state index contributed by atoms with van der Waals surface area (Å²) in [5.41, 5.74) is 3.75. The fourth-order valence-corrected chi connectivity index (χ4v) is 3.59. The zero-order valence-corrected chi connectivity index (χ0v) is 16.5. The third kappa shape index (κ3) is 4.37. The second-order valence-electron chi connectivity index (χ2n) is 6.98. The fourth-order valence-electron chi connectivity index (χ4n) is 3.59. The normalized spacial score (nSPS) is 12.9. The molecule has 0 unspecified atom stereocenters. The molecule has 0 saturated heterocycles. The molecule has 29 heavy (non-hydrogen) atoms. The van der Waals surface area contributed by atoms with E-state index in [4.69, 9.17) is 4.74 Å². The molecule has 0 spiro atoms. The van der Waals surface area contributed by atoms with E-state index in [1.807, 2.05) is 41.3 Å². The Morgan fingerprint density at radius 2 is 2.07 bits per heavy atom. The van der Waals surface area contributed by atoms with Gasteiger partial charge in [-0.3, -0.25) is 4.79 Å². The maximum atomic E-state index is 13.1. The average molecular weight is 388 g/mol. The van der Waals surface area contributed by atoms with E-state index in [1.165, 1.54) is 5.56 Å². The summed E-state index contributed by atoms with van der Waals surface area (Å²) in [4.78, 5) is 23.6. The molecule has 3 aromatic rings. The Balaban J connectivity index is 1.43. The predicted molar refractivity (Wildman–Crippen MR) is 114 cm³/mol. The van der Waals surface area contributed by atoms with Gasteiger partial charge in [0.15, 0.2) is 0 Å². The van der Waals surface area contributed by atoms with Crippen LogP contribution in [0.2, 0.25) is 0 Å². The van der Waals surface area contributed by atoms with Crippen LogP contribution in [-0.4, -0.2) is 36.1 Å². The van der Waals surface area contributed by atoms with Gasteiger partial charge in [-0.25, -0.2) is 9.97 Å². The van der Waals surface area contributed by atoms with Gasteiger partial charge in [0.1, 0.15) is 11.4 Å². The molecule has 2 aromatic carbocycles. The maximum absolute atomic E-state index is 13.1. The molecule has 0 bridgehead atoms. The first-order chi connectivity index (χ1) is 14.2. The van der Waals surface area contributed by atoms with Gasteiger partial charge in [-0.05, 0) is 54.7 Å². The van der Waals surface area contributed by atoms with Crippen LogP contribution in [0.5, 0.6) is 5.75 Å². The number of amides is 1. The van der Waals surface area contributed by atoms with Crippen molar-refractivity contribution in [1.82, 2.24) is 9.97 Å². The van der Waals surface area contributed by atoms with E-state index in [0.29, 0.717) is 24.7 Å². The Bertz CT molecular complexity index is 1010.